The van der Waals surface area contributed by atoms with Gasteiger partial charge in [0.05, 0.1) is 17.9 Å². The third-order valence-corrected chi connectivity index (χ3v) is 2.72. The molecule has 0 bridgehead atoms. The molecule has 0 aliphatic heterocycles. The van der Waals surface area contributed by atoms with E-state index in [0.29, 0.717) is 5.69 Å². The number of hydrogen-bond acceptors (Lipinski definition) is 3. The summed E-state index contributed by atoms with van der Waals surface area (Å²) in [5.41, 5.74) is 0.999. The lowest BCUT2D eigenvalue weighted by Crippen LogP contribution is -2.08. The molecule has 0 amide bonds. The van der Waals surface area contributed by atoms with Crippen LogP contribution in [0.25, 0.3) is 11.3 Å². The van der Waals surface area contributed by atoms with E-state index in [2.05, 4.69) is 4.98 Å². The highest BCUT2D eigenvalue weighted by Crippen LogP contribution is 2.26. The number of aryl methyl sites for hydroxylation is 1. The van der Waals surface area contributed by atoms with Gasteiger partial charge in [0, 0.05) is 17.3 Å². The first-order chi connectivity index (χ1) is 9.52. The molecule has 104 valence electrons. The average Bonchev–Trinajstić information content (AvgIpc) is 2.38. The second-order valence-corrected chi connectivity index (χ2v) is 4.19. The first-order valence-electron chi connectivity index (χ1n) is 6.13. The number of esters is 1. The molecule has 0 aliphatic carbocycles. The quantitative estimate of drug-likeness (QED) is 0.806. The van der Waals surface area contributed by atoms with Gasteiger partial charge in [0.2, 0.25) is 0 Å². The topological polar surface area (TPSA) is 39.2 Å². The van der Waals surface area contributed by atoms with Crippen LogP contribution < -0.4 is 0 Å². The van der Waals surface area contributed by atoms with Gasteiger partial charge in [0.1, 0.15) is 11.6 Å². The largest absolute Gasteiger partial charge is 0.462 e. The first-order valence-corrected chi connectivity index (χ1v) is 6.13. The van der Waals surface area contributed by atoms with Crippen LogP contribution in [0.3, 0.4) is 0 Å². The predicted molar refractivity (Wildman–Crippen MR) is 70.3 cm³/mol. The Labute approximate surface area is 115 Å². The van der Waals surface area contributed by atoms with E-state index >= 15 is 0 Å². The summed E-state index contributed by atoms with van der Waals surface area (Å²) in [6.07, 6.45) is 0. The summed E-state index contributed by atoms with van der Waals surface area (Å²) >= 11 is 0. The van der Waals surface area contributed by atoms with Crippen molar-refractivity contribution in [3.8, 4) is 11.3 Å². The number of pyridine rings is 1. The Balaban J connectivity index is 2.59. The van der Waals surface area contributed by atoms with Crippen LogP contribution in [0.5, 0.6) is 0 Å². The van der Waals surface area contributed by atoms with Gasteiger partial charge in [-0.15, -0.1) is 0 Å². The van der Waals surface area contributed by atoms with Crippen LogP contribution in [0.2, 0.25) is 0 Å². The second kappa shape index (κ2) is 5.77. The predicted octanol–water partition coefficient (Wildman–Crippen LogP) is 3.51. The summed E-state index contributed by atoms with van der Waals surface area (Å²) in [5, 5.41) is 0. The average molecular weight is 277 g/mol. The van der Waals surface area contributed by atoms with Crippen molar-refractivity contribution in [2.75, 3.05) is 6.61 Å². The van der Waals surface area contributed by atoms with E-state index < -0.39 is 17.6 Å². The molecule has 5 heteroatoms. The van der Waals surface area contributed by atoms with Crippen LogP contribution in [-0.2, 0) is 4.74 Å². The highest BCUT2D eigenvalue weighted by molar-refractivity contribution is 5.96. The second-order valence-electron chi connectivity index (χ2n) is 4.19. The number of carbonyl (C=O) groups is 1. The lowest BCUT2D eigenvalue weighted by atomic mass is 10.0. The fourth-order valence-electron chi connectivity index (χ4n) is 1.82. The molecule has 0 saturated carbocycles. The number of ether oxygens (including phenoxy) is 1. The van der Waals surface area contributed by atoms with Crippen molar-refractivity contribution in [3.63, 3.8) is 0 Å². The molecular formula is C15H13F2NO2. The van der Waals surface area contributed by atoms with Crippen molar-refractivity contribution in [3.05, 3.63) is 53.2 Å². The van der Waals surface area contributed by atoms with Crippen molar-refractivity contribution in [2.24, 2.45) is 0 Å². The maximum atomic E-state index is 13.9. The van der Waals surface area contributed by atoms with Gasteiger partial charge in [-0.05, 0) is 38.1 Å². The highest BCUT2D eigenvalue weighted by Gasteiger charge is 2.18. The van der Waals surface area contributed by atoms with Crippen molar-refractivity contribution in [1.29, 1.82) is 0 Å². The minimum absolute atomic E-state index is 0.0677. The summed E-state index contributed by atoms with van der Waals surface area (Å²) in [5.74, 6) is -2.04. The molecule has 0 fully saturated rings. The third-order valence-electron chi connectivity index (χ3n) is 2.72. The Bertz CT molecular complexity index is 656. The Kier molecular flexibility index (Phi) is 4.08. The molecule has 0 unspecified atom stereocenters. The van der Waals surface area contributed by atoms with Crippen molar-refractivity contribution in [2.45, 2.75) is 13.8 Å². The monoisotopic (exact) mass is 277 g/mol. The molecule has 1 aromatic carbocycles. The number of benzene rings is 1. The van der Waals surface area contributed by atoms with E-state index in [0.717, 1.165) is 12.1 Å². The van der Waals surface area contributed by atoms with Crippen LogP contribution in [0.1, 0.15) is 23.0 Å². The molecule has 0 spiro atoms. The van der Waals surface area contributed by atoms with Gasteiger partial charge in [-0.2, -0.15) is 0 Å². The number of halogens is 2. The van der Waals surface area contributed by atoms with Gasteiger partial charge in [0.15, 0.2) is 0 Å². The summed E-state index contributed by atoms with van der Waals surface area (Å²) in [4.78, 5) is 16.0. The molecular weight excluding hydrogens is 264 g/mol. The van der Waals surface area contributed by atoms with Gasteiger partial charge >= 0.3 is 5.97 Å². The van der Waals surface area contributed by atoms with Gasteiger partial charge in [-0.25, -0.2) is 13.6 Å². The number of rotatable bonds is 3. The molecule has 20 heavy (non-hydrogen) atoms. The van der Waals surface area contributed by atoms with Gasteiger partial charge in [-0.3, -0.25) is 4.98 Å². The van der Waals surface area contributed by atoms with Crippen molar-refractivity contribution >= 4 is 5.97 Å². The van der Waals surface area contributed by atoms with E-state index in [1.54, 1.807) is 19.9 Å². The molecule has 1 heterocycles. The van der Waals surface area contributed by atoms with Crippen LogP contribution in [0, 0.1) is 18.6 Å². The Morgan fingerprint density at radius 1 is 1.25 bits per heavy atom. The van der Waals surface area contributed by atoms with Crippen molar-refractivity contribution in [1.82, 2.24) is 4.98 Å². The minimum atomic E-state index is -0.770. The third kappa shape index (κ3) is 2.82. The smallest absolute Gasteiger partial charge is 0.340 e. The number of hydrogen-bond donors (Lipinski definition) is 0. The first kappa shape index (κ1) is 14.1. The van der Waals surface area contributed by atoms with E-state index in [-0.39, 0.29) is 23.4 Å². The van der Waals surface area contributed by atoms with Crippen LogP contribution in [0.4, 0.5) is 8.78 Å². The minimum Gasteiger partial charge on any atom is -0.462 e. The summed E-state index contributed by atoms with van der Waals surface area (Å²) in [6, 6.07) is 6.30. The normalized spacial score (nSPS) is 10.4. The Morgan fingerprint density at radius 3 is 2.65 bits per heavy atom. The molecule has 0 aliphatic rings. The van der Waals surface area contributed by atoms with E-state index in [9.17, 15) is 13.6 Å². The zero-order chi connectivity index (χ0) is 14.7. The van der Waals surface area contributed by atoms with Crippen molar-refractivity contribution < 1.29 is 18.3 Å². The molecule has 0 saturated heterocycles. The molecule has 0 N–H and O–H groups in total. The number of carbonyl (C=O) groups excluding carboxylic acids is 1. The van der Waals surface area contributed by atoms with E-state index in [4.69, 9.17) is 4.74 Å². The lowest BCUT2D eigenvalue weighted by molar-refractivity contribution is 0.0527. The highest BCUT2D eigenvalue weighted by atomic mass is 19.1. The van der Waals surface area contributed by atoms with Crippen LogP contribution in [-0.4, -0.2) is 17.6 Å². The summed E-state index contributed by atoms with van der Waals surface area (Å²) in [7, 11) is 0. The summed E-state index contributed by atoms with van der Waals surface area (Å²) < 4.78 is 31.8. The van der Waals surface area contributed by atoms with Crippen LogP contribution >= 0.6 is 0 Å². The Hall–Kier alpha value is -2.30. The molecule has 2 rings (SSSR count). The number of nitrogens with zero attached hydrogens (tertiary/aromatic N) is 1. The zero-order valence-corrected chi connectivity index (χ0v) is 11.1. The fourth-order valence-corrected chi connectivity index (χ4v) is 1.82. The maximum absolute atomic E-state index is 13.9. The Morgan fingerprint density at radius 2 is 2.00 bits per heavy atom. The van der Waals surface area contributed by atoms with Crippen LogP contribution in [0.15, 0.2) is 30.3 Å². The van der Waals surface area contributed by atoms with E-state index in [1.807, 2.05) is 0 Å². The number of aromatic nitrogens is 1. The molecule has 2 aromatic rings. The summed E-state index contributed by atoms with van der Waals surface area (Å²) in [6.45, 7) is 3.61. The lowest BCUT2D eigenvalue weighted by Gasteiger charge is -2.10. The SMILES string of the molecule is CCOC(=O)c1ccc(C)nc1-c1ccc(F)cc1F. The van der Waals surface area contributed by atoms with E-state index in [1.165, 1.54) is 12.1 Å². The molecule has 0 radical (unpaired) electrons. The van der Waals surface area contributed by atoms with Gasteiger partial charge < -0.3 is 4.74 Å². The van der Waals surface area contributed by atoms with Gasteiger partial charge in [0.25, 0.3) is 0 Å². The van der Waals surface area contributed by atoms with Gasteiger partial charge in [-0.1, -0.05) is 0 Å². The molecule has 1 aromatic heterocycles. The fraction of sp³-hybridized carbons (Fsp3) is 0.200. The maximum Gasteiger partial charge on any atom is 0.340 e. The standard InChI is InChI=1S/C15H13F2NO2/c1-3-20-15(19)12-6-4-9(2)18-14(12)11-7-5-10(16)8-13(11)17/h4-8H,3H2,1-2H3. The zero-order valence-electron chi connectivity index (χ0n) is 11.1. The molecule has 3 nitrogen and oxygen atoms in total. The molecule has 0 atom stereocenters.